The van der Waals surface area contributed by atoms with Gasteiger partial charge in [0.25, 0.3) is 0 Å². The molecule has 4 heteroatoms. The Hall–Kier alpha value is -0.710. The molecule has 1 unspecified atom stereocenters. The highest BCUT2D eigenvalue weighted by atomic mass is 32.2. The zero-order valence-electron chi connectivity index (χ0n) is 12.6. The fourth-order valence-corrected chi connectivity index (χ4v) is 3.56. The predicted octanol–water partition coefficient (Wildman–Crippen LogP) is 3.12. The van der Waals surface area contributed by atoms with E-state index in [1.165, 1.54) is 30.7 Å². The Labute approximate surface area is 126 Å². The molecule has 3 nitrogen and oxygen atoms in total. The maximum absolute atomic E-state index is 6.09. The molecular formula is C16H26N2OS. The van der Waals surface area contributed by atoms with Crippen LogP contribution in [0.3, 0.4) is 0 Å². The predicted molar refractivity (Wildman–Crippen MR) is 86.5 cm³/mol. The van der Waals surface area contributed by atoms with Gasteiger partial charge in [0.15, 0.2) is 0 Å². The van der Waals surface area contributed by atoms with Gasteiger partial charge in [0.05, 0.1) is 0 Å². The first-order valence-corrected chi connectivity index (χ1v) is 8.52. The Bertz CT molecular complexity index is 425. The van der Waals surface area contributed by atoms with Crippen molar-refractivity contribution in [2.45, 2.75) is 43.7 Å². The van der Waals surface area contributed by atoms with Crippen LogP contribution in [0.5, 0.6) is 5.75 Å². The van der Waals surface area contributed by atoms with Gasteiger partial charge in [-0.1, -0.05) is 19.4 Å². The van der Waals surface area contributed by atoms with Gasteiger partial charge in [-0.3, -0.25) is 0 Å². The molecule has 1 fully saturated rings. The van der Waals surface area contributed by atoms with Crippen molar-refractivity contribution in [1.29, 1.82) is 0 Å². The van der Waals surface area contributed by atoms with E-state index in [2.05, 4.69) is 31.0 Å². The van der Waals surface area contributed by atoms with Gasteiger partial charge in [-0.25, -0.2) is 0 Å². The molecule has 0 aliphatic carbocycles. The summed E-state index contributed by atoms with van der Waals surface area (Å²) >= 11 is 1.83. The number of hydrogen-bond acceptors (Lipinski definition) is 4. The van der Waals surface area contributed by atoms with Crippen molar-refractivity contribution < 1.29 is 4.74 Å². The first-order valence-electron chi connectivity index (χ1n) is 7.54. The smallest absolute Gasteiger partial charge is 0.124 e. The van der Waals surface area contributed by atoms with Gasteiger partial charge in [-0.05, 0) is 44.3 Å². The summed E-state index contributed by atoms with van der Waals surface area (Å²) in [5.74, 6) is 2.02. The molecule has 1 saturated heterocycles. The van der Waals surface area contributed by atoms with Crippen LogP contribution in [0, 0.1) is 0 Å². The second-order valence-corrected chi connectivity index (χ2v) is 6.62. The summed E-state index contributed by atoms with van der Waals surface area (Å²) in [5, 5.41) is 0. The van der Waals surface area contributed by atoms with Gasteiger partial charge >= 0.3 is 0 Å². The van der Waals surface area contributed by atoms with Crippen LogP contribution in [0.2, 0.25) is 0 Å². The third-order valence-corrected chi connectivity index (χ3v) is 4.93. The number of rotatable bonds is 6. The summed E-state index contributed by atoms with van der Waals surface area (Å²) in [6, 6.07) is 6.79. The maximum Gasteiger partial charge on any atom is 0.124 e. The van der Waals surface area contributed by atoms with Gasteiger partial charge in [-0.2, -0.15) is 0 Å². The van der Waals surface area contributed by atoms with E-state index in [1.54, 1.807) is 0 Å². The first kappa shape index (κ1) is 15.7. The molecule has 20 heavy (non-hydrogen) atoms. The van der Waals surface area contributed by atoms with Crippen molar-refractivity contribution in [2.75, 3.05) is 26.0 Å². The number of nitrogens with zero attached hydrogens (tertiary/aromatic N) is 1. The SMILES string of the molecule is CCSc1cccc(OCC2CCCCN2C)c1CN. The van der Waals surface area contributed by atoms with Crippen molar-refractivity contribution in [3.05, 3.63) is 23.8 Å². The molecule has 0 amide bonds. The van der Waals surface area contributed by atoms with Gasteiger partial charge in [0.1, 0.15) is 12.4 Å². The molecule has 1 aromatic rings. The fourth-order valence-electron chi connectivity index (χ4n) is 2.71. The van der Waals surface area contributed by atoms with Crippen molar-refractivity contribution in [2.24, 2.45) is 5.73 Å². The number of likely N-dealkylation sites (tertiary alicyclic amines) is 1. The standard InChI is InChI=1S/C16H26N2OS/c1-3-20-16-9-6-8-15(14(16)11-17)19-12-13-7-4-5-10-18(13)2/h6,8-9,13H,3-5,7,10-12,17H2,1-2H3. The van der Waals surface area contributed by atoms with Gasteiger partial charge in [0, 0.05) is 23.0 Å². The van der Waals surface area contributed by atoms with E-state index < -0.39 is 0 Å². The monoisotopic (exact) mass is 294 g/mol. The summed E-state index contributed by atoms with van der Waals surface area (Å²) in [5.41, 5.74) is 7.06. The highest BCUT2D eigenvalue weighted by Gasteiger charge is 2.20. The minimum atomic E-state index is 0.539. The van der Waals surface area contributed by atoms with Crippen LogP contribution < -0.4 is 10.5 Å². The topological polar surface area (TPSA) is 38.5 Å². The molecule has 0 radical (unpaired) electrons. The third-order valence-electron chi connectivity index (χ3n) is 3.95. The summed E-state index contributed by atoms with van der Waals surface area (Å²) < 4.78 is 6.09. The summed E-state index contributed by atoms with van der Waals surface area (Å²) in [4.78, 5) is 3.67. The number of piperidine rings is 1. The molecule has 2 rings (SSSR count). The average Bonchev–Trinajstić information content (AvgIpc) is 2.47. The average molecular weight is 294 g/mol. The van der Waals surface area contributed by atoms with E-state index in [1.807, 2.05) is 17.8 Å². The second kappa shape index (κ2) is 7.91. The Kier molecular flexibility index (Phi) is 6.20. The maximum atomic E-state index is 6.09. The van der Waals surface area contributed by atoms with Crippen molar-refractivity contribution in [3.8, 4) is 5.75 Å². The number of ether oxygens (including phenoxy) is 1. The highest BCUT2D eigenvalue weighted by Crippen LogP contribution is 2.30. The molecule has 1 aromatic carbocycles. The van der Waals surface area contributed by atoms with Crippen molar-refractivity contribution in [1.82, 2.24) is 4.90 Å². The molecule has 1 atom stereocenters. The minimum absolute atomic E-state index is 0.539. The Morgan fingerprint density at radius 2 is 2.25 bits per heavy atom. The first-order chi connectivity index (χ1) is 9.76. The lowest BCUT2D eigenvalue weighted by atomic mass is 10.0. The van der Waals surface area contributed by atoms with Crippen LogP contribution >= 0.6 is 11.8 Å². The molecule has 0 aromatic heterocycles. The molecule has 0 saturated carbocycles. The van der Waals surface area contributed by atoms with E-state index >= 15 is 0 Å². The summed E-state index contributed by atoms with van der Waals surface area (Å²) in [7, 11) is 2.19. The van der Waals surface area contributed by atoms with Crippen LogP contribution in [0.4, 0.5) is 0 Å². The zero-order valence-corrected chi connectivity index (χ0v) is 13.4. The van der Waals surface area contributed by atoms with Crippen LogP contribution in [0.15, 0.2) is 23.1 Å². The number of benzene rings is 1. The van der Waals surface area contributed by atoms with E-state index in [4.69, 9.17) is 10.5 Å². The molecule has 112 valence electrons. The number of thioether (sulfide) groups is 1. The normalized spacial score (nSPS) is 20.1. The Morgan fingerprint density at radius 3 is 2.95 bits per heavy atom. The lowest BCUT2D eigenvalue weighted by molar-refractivity contribution is 0.124. The van der Waals surface area contributed by atoms with Gasteiger partial charge < -0.3 is 15.4 Å². The van der Waals surface area contributed by atoms with E-state index in [0.717, 1.165) is 23.7 Å². The van der Waals surface area contributed by atoms with E-state index in [0.29, 0.717) is 12.6 Å². The fraction of sp³-hybridized carbons (Fsp3) is 0.625. The van der Waals surface area contributed by atoms with Gasteiger partial charge in [0.2, 0.25) is 0 Å². The van der Waals surface area contributed by atoms with E-state index in [9.17, 15) is 0 Å². The van der Waals surface area contributed by atoms with Crippen LogP contribution in [-0.4, -0.2) is 36.9 Å². The van der Waals surface area contributed by atoms with Crippen LogP contribution in [0.1, 0.15) is 31.7 Å². The molecule has 1 heterocycles. The summed E-state index contributed by atoms with van der Waals surface area (Å²) in [6.07, 6.45) is 3.86. The largest absolute Gasteiger partial charge is 0.492 e. The Morgan fingerprint density at radius 1 is 1.40 bits per heavy atom. The van der Waals surface area contributed by atoms with Crippen molar-refractivity contribution >= 4 is 11.8 Å². The number of hydrogen-bond donors (Lipinski definition) is 1. The molecule has 0 spiro atoms. The number of likely N-dealkylation sites (N-methyl/N-ethyl adjacent to an activating group) is 1. The molecule has 1 aliphatic rings. The second-order valence-electron chi connectivity index (χ2n) is 5.31. The van der Waals surface area contributed by atoms with Gasteiger partial charge in [-0.15, -0.1) is 11.8 Å². The number of nitrogens with two attached hydrogens (primary N) is 1. The molecular weight excluding hydrogens is 268 g/mol. The Balaban J connectivity index is 2.03. The lowest BCUT2D eigenvalue weighted by Gasteiger charge is -2.32. The molecule has 1 aliphatic heterocycles. The lowest BCUT2D eigenvalue weighted by Crippen LogP contribution is -2.40. The molecule has 0 bridgehead atoms. The third kappa shape index (κ3) is 3.90. The highest BCUT2D eigenvalue weighted by molar-refractivity contribution is 7.99. The zero-order chi connectivity index (χ0) is 14.4. The van der Waals surface area contributed by atoms with Crippen LogP contribution in [-0.2, 0) is 6.54 Å². The van der Waals surface area contributed by atoms with E-state index in [-0.39, 0.29) is 0 Å². The minimum Gasteiger partial charge on any atom is -0.492 e. The quantitative estimate of drug-likeness (QED) is 0.818. The molecule has 2 N–H and O–H groups in total. The van der Waals surface area contributed by atoms with Crippen LogP contribution in [0.25, 0.3) is 0 Å². The summed E-state index contributed by atoms with van der Waals surface area (Å²) in [6.45, 7) is 4.65. The van der Waals surface area contributed by atoms with Crippen molar-refractivity contribution in [3.63, 3.8) is 0 Å².